The summed E-state index contributed by atoms with van der Waals surface area (Å²) >= 11 is 0. The van der Waals surface area contributed by atoms with Gasteiger partial charge in [-0.25, -0.2) is 0 Å². The van der Waals surface area contributed by atoms with Crippen molar-refractivity contribution >= 4 is 11.8 Å². The van der Waals surface area contributed by atoms with Crippen molar-refractivity contribution in [3.63, 3.8) is 0 Å². The molecule has 0 aliphatic carbocycles. The molecule has 0 fully saturated rings. The van der Waals surface area contributed by atoms with Gasteiger partial charge in [0.15, 0.2) is 0 Å². The number of rotatable bonds is 5. The molecule has 2 amide bonds. The highest BCUT2D eigenvalue weighted by Crippen LogP contribution is 2.00. The van der Waals surface area contributed by atoms with Gasteiger partial charge in [0, 0.05) is 18.0 Å². The van der Waals surface area contributed by atoms with E-state index in [1.54, 1.807) is 6.92 Å². The van der Waals surface area contributed by atoms with Gasteiger partial charge < -0.3 is 16.4 Å². The van der Waals surface area contributed by atoms with Gasteiger partial charge in [-0.05, 0) is 34.6 Å². The summed E-state index contributed by atoms with van der Waals surface area (Å²) in [6, 6.07) is -0.438. The van der Waals surface area contributed by atoms with Crippen LogP contribution in [0, 0.1) is 0 Å². The fourth-order valence-electron chi connectivity index (χ4n) is 1.34. The third kappa shape index (κ3) is 7.23. The van der Waals surface area contributed by atoms with Crippen LogP contribution < -0.4 is 16.4 Å². The summed E-state index contributed by atoms with van der Waals surface area (Å²) in [5, 5.41) is 5.88. The van der Waals surface area contributed by atoms with Gasteiger partial charge in [0.05, 0.1) is 6.04 Å². The number of nitrogens with two attached hydrogens (primary N) is 1. The van der Waals surface area contributed by atoms with Crippen molar-refractivity contribution < 1.29 is 9.59 Å². The summed E-state index contributed by atoms with van der Waals surface area (Å²) in [6.45, 7) is 9.35. The predicted octanol–water partition coefficient (Wildman–Crippen LogP) is 0.143. The molecule has 0 heterocycles. The Morgan fingerprint density at radius 3 is 2.12 bits per heavy atom. The van der Waals surface area contributed by atoms with Gasteiger partial charge in [-0.1, -0.05) is 0 Å². The molecule has 0 radical (unpaired) electrons. The fourth-order valence-corrected chi connectivity index (χ4v) is 1.34. The van der Waals surface area contributed by atoms with E-state index >= 15 is 0 Å². The van der Waals surface area contributed by atoms with Crippen LogP contribution in [-0.4, -0.2) is 29.4 Å². The molecular formula is C11H23N3O2. The maximum atomic E-state index is 11.7. The van der Waals surface area contributed by atoms with Crippen molar-refractivity contribution in [2.75, 3.05) is 0 Å². The number of primary amides is 1. The number of hydrogen-bond donors (Lipinski definition) is 3. The van der Waals surface area contributed by atoms with Crippen molar-refractivity contribution in [1.29, 1.82) is 0 Å². The average Bonchev–Trinajstić information content (AvgIpc) is 1.98. The van der Waals surface area contributed by atoms with Gasteiger partial charge in [-0.2, -0.15) is 0 Å². The molecule has 2 unspecified atom stereocenters. The van der Waals surface area contributed by atoms with E-state index in [4.69, 9.17) is 5.73 Å². The SMILES string of the molecule is CC(CC(N)=O)NC(C)C(=O)NC(C)(C)C. The molecule has 0 bridgehead atoms. The van der Waals surface area contributed by atoms with Crippen LogP contribution in [0.5, 0.6) is 0 Å². The minimum atomic E-state index is -0.372. The first-order valence-electron chi connectivity index (χ1n) is 5.48. The Balaban J connectivity index is 4.10. The lowest BCUT2D eigenvalue weighted by atomic mass is 10.1. The molecule has 0 saturated carbocycles. The first-order chi connectivity index (χ1) is 7.11. The Morgan fingerprint density at radius 2 is 1.75 bits per heavy atom. The normalized spacial score (nSPS) is 15.3. The number of carbonyl (C=O) groups excluding carboxylic acids is 2. The number of hydrogen-bond acceptors (Lipinski definition) is 3. The fraction of sp³-hybridized carbons (Fsp3) is 0.818. The van der Waals surface area contributed by atoms with Crippen LogP contribution in [0.15, 0.2) is 0 Å². The van der Waals surface area contributed by atoms with E-state index in [2.05, 4.69) is 10.6 Å². The highest BCUT2D eigenvalue weighted by Gasteiger charge is 2.20. The molecule has 5 heteroatoms. The van der Waals surface area contributed by atoms with Crippen molar-refractivity contribution in [2.45, 2.75) is 58.7 Å². The van der Waals surface area contributed by atoms with Crippen LogP contribution in [0.25, 0.3) is 0 Å². The van der Waals surface area contributed by atoms with Gasteiger partial charge in [0.1, 0.15) is 0 Å². The summed E-state index contributed by atoms with van der Waals surface area (Å²) in [5.74, 6) is -0.452. The minimum absolute atomic E-state index is 0.0798. The van der Waals surface area contributed by atoms with E-state index < -0.39 is 0 Å². The van der Waals surface area contributed by atoms with Gasteiger partial charge in [0.25, 0.3) is 0 Å². The minimum Gasteiger partial charge on any atom is -0.370 e. The summed E-state index contributed by atoms with van der Waals surface area (Å²) in [5.41, 5.74) is 4.82. The molecule has 16 heavy (non-hydrogen) atoms. The first-order valence-corrected chi connectivity index (χ1v) is 5.48. The molecule has 4 N–H and O–H groups in total. The molecule has 0 aromatic carbocycles. The molecule has 0 spiro atoms. The van der Waals surface area contributed by atoms with E-state index in [-0.39, 0.29) is 35.9 Å². The van der Waals surface area contributed by atoms with Crippen LogP contribution in [-0.2, 0) is 9.59 Å². The maximum Gasteiger partial charge on any atom is 0.237 e. The van der Waals surface area contributed by atoms with Crippen molar-refractivity contribution in [1.82, 2.24) is 10.6 Å². The molecule has 0 aliphatic heterocycles. The summed E-state index contributed by atoms with van der Waals surface area (Å²) in [7, 11) is 0. The number of nitrogens with one attached hydrogen (secondary N) is 2. The van der Waals surface area contributed by atoms with Gasteiger partial charge in [0.2, 0.25) is 11.8 Å². The summed E-state index contributed by atoms with van der Waals surface area (Å²) in [4.78, 5) is 22.4. The van der Waals surface area contributed by atoms with Crippen LogP contribution in [0.3, 0.4) is 0 Å². The van der Waals surface area contributed by atoms with Crippen LogP contribution in [0.4, 0.5) is 0 Å². The van der Waals surface area contributed by atoms with E-state index in [0.717, 1.165) is 0 Å². The number of carbonyl (C=O) groups is 2. The second-order valence-electron chi connectivity index (χ2n) is 5.20. The monoisotopic (exact) mass is 229 g/mol. The van der Waals surface area contributed by atoms with Crippen LogP contribution >= 0.6 is 0 Å². The lowest BCUT2D eigenvalue weighted by Crippen LogP contribution is -2.51. The average molecular weight is 229 g/mol. The van der Waals surface area contributed by atoms with Gasteiger partial charge in [-0.3, -0.25) is 9.59 Å². The van der Waals surface area contributed by atoms with Crippen molar-refractivity contribution in [2.24, 2.45) is 5.73 Å². The molecule has 2 atom stereocenters. The zero-order valence-corrected chi connectivity index (χ0v) is 10.8. The van der Waals surface area contributed by atoms with Crippen LogP contribution in [0.2, 0.25) is 0 Å². The van der Waals surface area contributed by atoms with Crippen LogP contribution in [0.1, 0.15) is 41.0 Å². The molecule has 0 aromatic heterocycles. The smallest absolute Gasteiger partial charge is 0.237 e. The highest BCUT2D eigenvalue weighted by molar-refractivity contribution is 5.82. The predicted molar refractivity (Wildman–Crippen MR) is 63.8 cm³/mol. The third-order valence-corrected chi connectivity index (χ3v) is 1.93. The Morgan fingerprint density at radius 1 is 1.25 bits per heavy atom. The second kappa shape index (κ2) is 5.84. The molecule has 0 saturated heterocycles. The molecule has 0 aliphatic rings. The molecular weight excluding hydrogens is 206 g/mol. The Bertz CT molecular complexity index is 258. The van der Waals surface area contributed by atoms with Gasteiger partial charge in [-0.15, -0.1) is 0 Å². The zero-order valence-electron chi connectivity index (χ0n) is 10.8. The molecule has 5 nitrogen and oxygen atoms in total. The van der Waals surface area contributed by atoms with Gasteiger partial charge >= 0.3 is 0 Å². The zero-order chi connectivity index (χ0) is 12.9. The lowest BCUT2D eigenvalue weighted by molar-refractivity contribution is -0.125. The Kier molecular flexibility index (Phi) is 5.44. The molecule has 0 aromatic rings. The van der Waals surface area contributed by atoms with E-state index in [0.29, 0.717) is 0 Å². The first kappa shape index (κ1) is 14.9. The third-order valence-electron chi connectivity index (χ3n) is 1.93. The van der Waals surface area contributed by atoms with E-state index in [1.807, 2.05) is 27.7 Å². The molecule has 0 rings (SSSR count). The van der Waals surface area contributed by atoms with E-state index in [9.17, 15) is 9.59 Å². The summed E-state index contributed by atoms with van der Waals surface area (Å²) in [6.07, 6.45) is 0.229. The Labute approximate surface area is 97.2 Å². The second-order valence-corrected chi connectivity index (χ2v) is 5.20. The maximum absolute atomic E-state index is 11.7. The van der Waals surface area contributed by atoms with Crippen molar-refractivity contribution in [3.8, 4) is 0 Å². The standard InChI is InChI=1S/C11H23N3O2/c1-7(6-9(12)15)13-8(2)10(16)14-11(3,4)5/h7-8,13H,6H2,1-5H3,(H2,12,15)(H,14,16). The Hall–Kier alpha value is -1.10. The molecule has 94 valence electrons. The summed E-state index contributed by atoms with van der Waals surface area (Å²) < 4.78 is 0. The topological polar surface area (TPSA) is 84.2 Å². The number of amides is 2. The largest absolute Gasteiger partial charge is 0.370 e. The quantitative estimate of drug-likeness (QED) is 0.627. The lowest BCUT2D eigenvalue weighted by Gasteiger charge is -2.25. The highest BCUT2D eigenvalue weighted by atomic mass is 16.2. The van der Waals surface area contributed by atoms with Crippen molar-refractivity contribution in [3.05, 3.63) is 0 Å². The van der Waals surface area contributed by atoms with E-state index in [1.165, 1.54) is 0 Å².